The molecule has 1 aliphatic heterocycles. The first-order chi connectivity index (χ1) is 12.0. The number of anilines is 1. The van der Waals surface area contributed by atoms with Crippen LogP contribution in [0.25, 0.3) is 0 Å². The Labute approximate surface area is 148 Å². The van der Waals surface area contributed by atoms with Crippen molar-refractivity contribution in [1.29, 1.82) is 0 Å². The number of para-hydroxylation sites is 1. The first-order valence-corrected chi connectivity index (χ1v) is 8.11. The molecule has 0 bridgehead atoms. The summed E-state index contributed by atoms with van der Waals surface area (Å²) in [7, 11) is 0. The van der Waals surface area contributed by atoms with Gasteiger partial charge in [-0.2, -0.15) is 23.3 Å². The third-order valence-corrected chi connectivity index (χ3v) is 4.16. The largest absolute Gasteiger partial charge is 0.438 e. The van der Waals surface area contributed by atoms with E-state index in [0.29, 0.717) is 17.7 Å². The number of hydrogen-bond acceptors (Lipinski definition) is 4. The van der Waals surface area contributed by atoms with Gasteiger partial charge in [-0.3, -0.25) is 9.59 Å². The zero-order chi connectivity index (χ0) is 19.7. The lowest BCUT2D eigenvalue weighted by molar-refractivity contribution is -0.301. The summed E-state index contributed by atoms with van der Waals surface area (Å²) in [5, 5.41) is 15.8. The maximum absolute atomic E-state index is 13.4. The number of aliphatic hydroxyl groups is 1. The molecule has 2 rings (SSSR count). The maximum Gasteiger partial charge on any atom is 0.438 e. The molecular weight excluding hydrogens is 351 g/mol. The summed E-state index contributed by atoms with van der Waals surface area (Å²) < 4.78 is 40.1. The molecule has 1 aromatic carbocycles. The van der Waals surface area contributed by atoms with Crippen molar-refractivity contribution in [2.24, 2.45) is 11.0 Å². The quantitative estimate of drug-likeness (QED) is 0.802. The SMILES string of the molecule is CCc1ccccc1NC(=O)C(=O)N1N=C(C(C)C)CC1(O)C(F)(F)F. The number of hydrazone groups is 1. The Balaban J connectivity index is 2.31. The molecule has 0 saturated carbocycles. The summed E-state index contributed by atoms with van der Waals surface area (Å²) in [6.45, 7) is 5.00. The lowest BCUT2D eigenvalue weighted by Gasteiger charge is -2.32. The zero-order valence-electron chi connectivity index (χ0n) is 14.6. The van der Waals surface area contributed by atoms with Gasteiger partial charge in [0.25, 0.3) is 5.72 Å². The van der Waals surface area contributed by atoms with Crippen molar-refractivity contribution >= 4 is 23.2 Å². The number of hydrogen-bond donors (Lipinski definition) is 2. The van der Waals surface area contributed by atoms with E-state index in [9.17, 15) is 27.9 Å². The van der Waals surface area contributed by atoms with Crippen LogP contribution in [0.4, 0.5) is 18.9 Å². The van der Waals surface area contributed by atoms with Crippen LogP contribution < -0.4 is 5.32 Å². The summed E-state index contributed by atoms with van der Waals surface area (Å²) in [6, 6.07) is 6.61. The number of halogens is 3. The molecular formula is C17H20F3N3O3. The molecule has 1 unspecified atom stereocenters. The summed E-state index contributed by atoms with van der Waals surface area (Å²) >= 11 is 0. The Hall–Kier alpha value is -2.42. The van der Waals surface area contributed by atoms with Gasteiger partial charge in [0, 0.05) is 17.8 Å². The van der Waals surface area contributed by atoms with Crippen LogP contribution in [0.5, 0.6) is 0 Å². The van der Waals surface area contributed by atoms with E-state index in [4.69, 9.17) is 0 Å². The number of carbonyl (C=O) groups is 2. The van der Waals surface area contributed by atoms with Gasteiger partial charge in [0.1, 0.15) is 0 Å². The van der Waals surface area contributed by atoms with Gasteiger partial charge in [-0.15, -0.1) is 0 Å². The van der Waals surface area contributed by atoms with Crippen molar-refractivity contribution in [2.75, 3.05) is 5.32 Å². The van der Waals surface area contributed by atoms with Gasteiger partial charge < -0.3 is 10.4 Å². The fraction of sp³-hybridized carbons (Fsp3) is 0.471. The van der Waals surface area contributed by atoms with Gasteiger partial charge in [0.15, 0.2) is 0 Å². The molecule has 9 heteroatoms. The van der Waals surface area contributed by atoms with Gasteiger partial charge in [-0.25, -0.2) is 0 Å². The third-order valence-electron chi connectivity index (χ3n) is 4.16. The fourth-order valence-electron chi connectivity index (χ4n) is 2.55. The fourth-order valence-corrected chi connectivity index (χ4v) is 2.55. The van der Waals surface area contributed by atoms with Crippen LogP contribution in [0.3, 0.4) is 0 Å². The lowest BCUT2D eigenvalue weighted by atomic mass is 9.99. The molecule has 0 fully saturated rings. The van der Waals surface area contributed by atoms with Gasteiger partial charge in [-0.1, -0.05) is 39.0 Å². The summed E-state index contributed by atoms with van der Waals surface area (Å²) in [6.07, 6.45) is -5.50. The molecule has 1 atom stereocenters. The standard InChI is InChI=1S/C17H20F3N3O3/c1-4-11-7-5-6-8-12(11)21-14(24)15(25)23-16(26,17(18,19)20)9-13(22-23)10(2)3/h5-8,10,26H,4,9H2,1-3H3,(H,21,24). The van der Waals surface area contributed by atoms with Crippen molar-refractivity contribution in [3.05, 3.63) is 29.8 Å². The molecule has 1 aromatic rings. The van der Waals surface area contributed by atoms with Crippen molar-refractivity contribution in [3.8, 4) is 0 Å². The Bertz CT molecular complexity index is 746. The predicted molar refractivity (Wildman–Crippen MR) is 89.2 cm³/mol. The van der Waals surface area contributed by atoms with Gasteiger partial charge in [0.05, 0.1) is 0 Å². The second-order valence-electron chi connectivity index (χ2n) is 6.32. The normalized spacial score (nSPS) is 20.3. The minimum atomic E-state index is -5.16. The number of carbonyl (C=O) groups excluding carboxylic acids is 2. The second-order valence-corrected chi connectivity index (χ2v) is 6.32. The Morgan fingerprint density at radius 1 is 1.35 bits per heavy atom. The number of aryl methyl sites for hydroxylation is 1. The van der Waals surface area contributed by atoms with E-state index in [2.05, 4.69) is 10.4 Å². The molecule has 1 aliphatic rings. The first-order valence-electron chi connectivity index (χ1n) is 8.11. The van der Waals surface area contributed by atoms with E-state index in [0.717, 1.165) is 0 Å². The summed E-state index contributed by atoms with van der Waals surface area (Å²) in [5.74, 6) is -3.31. The summed E-state index contributed by atoms with van der Waals surface area (Å²) in [5.41, 5.74) is -2.52. The highest BCUT2D eigenvalue weighted by atomic mass is 19.4. The highest BCUT2D eigenvalue weighted by molar-refractivity contribution is 6.40. The van der Waals surface area contributed by atoms with Gasteiger partial charge in [-0.05, 0) is 24.0 Å². The van der Waals surface area contributed by atoms with Crippen LogP contribution in [-0.2, 0) is 16.0 Å². The highest BCUT2D eigenvalue weighted by Gasteiger charge is 2.64. The molecule has 0 aliphatic carbocycles. The maximum atomic E-state index is 13.4. The van der Waals surface area contributed by atoms with Gasteiger partial charge >= 0.3 is 18.0 Å². The smallest absolute Gasteiger partial charge is 0.362 e. The Kier molecular flexibility index (Phi) is 5.41. The Morgan fingerprint density at radius 2 is 1.96 bits per heavy atom. The monoisotopic (exact) mass is 371 g/mol. The van der Waals surface area contributed by atoms with Crippen molar-refractivity contribution in [2.45, 2.75) is 45.5 Å². The number of nitrogens with zero attached hydrogens (tertiary/aromatic N) is 2. The topological polar surface area (TPSA) is 82.0 Å². The van der Waals surface area contributed by atoms with Crippen molar-refractivity contribution < 1.29 is 27.9 Å². The average molecular weight is 371 g/mol. The minimum absolute atomic E-state index is 0.0140. The second kappa shape index (κ2) is 7.06. The van der Waals surface area contributed by atoms with Crippen LogP contribution >= 0.6 is 0 Å². The van der Waals surface area contributed by atoms with Crippen molar-refractivity contribution in [1.82, 2.24) is 5.01 Å². The van der Waals surface area contributed by atoms with E-state index in [1.54, 1.807) is 32.0 Å². The molecule has 0 radical (unpaired) electrons. The first kappa shape index (κ1) is 19.9. The minimum Gasteiger partial charge on any atom is -0.362 e. The molecule has 2 N–H and O–H groups in total. The van der Waals surface area contributed by atoms with E-state index in [1.807, 2.05) is 6.92 Å². The molecule has 6 nitrogen and oxygen atoms in total. The molecule has 1 heterocycles. The molecule has 0 saturated heterocycles. The number of alkyl halides is 3. The molecule has 26 heavy (non-hydrogen) atoms. The average Bonchev–Trinajstić information content (AvgIpc) is 2.93. The molecule has 142 valence electrons. The Morgan fingerprint density at radius 3 is 2.50 bits per heavy atom. The lowest BCUT2D eigenvalue weighted by Crippen LogP contribution is -2.58. The van der Waals surface area contributed by atoms with E-state index in [1.165, 1.54) is 6.07 Å². The van der Waals surface area contributed by atoms with Gasteiger partial charge in [0.2, 0.25) is 0 Å². The number of nitrogens with one attached hydrogen (secondary N) is 1. The summed E-state index contributed by atoms with van der Waals surface area (Å²) in [4.78, 5) is 24.5. The highest BCUT2D eigenvalue weighted by Crippen LogP contribution is 2.41. The molecule has 2 amide bonds. The molecule has 0 aromatic heterocycles. The van der Waals surface area contributed by atoms with E-state index in [-0.39, 0.29) is 10.7 Å². The van der Waals surface area contributed by atoms with Crippen LogP contribution in [0, 0.1) is 5.92 Å². The van der Waals surface area contributed by atoms with E-state index < -0.39 is 36.1 Å². The number of benzene rings is 1. The van der Waals surface area contributed by atoms with E-state index >= 15 is 0 Å². The van der Waals surface area contributed by atoms with Crippen LogP contribution in [0.15, 0.2) is 29.4 Å². The predicted octanol–water partition coefficient (Wildman–Crippen LogP) is 2.68. The zero-order valence-corrected chi connectivity index (χ0v) is 14.6. The van der Waals surface area contributed by atoms with Crippen LogP contribution in [-0.4, -0.2) is 39.5 Å². The van der Waals surface area contributed by atoms with Crippen LogP contribution in [0.2, 0.25) is 0 Å². The van der Waals surface area contributed by atoms with Crippen LogP contribution in [0.1, 0.15) is 32.8 Å². The number of rotatable bonds is 3. The van der Waals surface area contributed by atoms with Crippen molar-refractivity contribution in [3.63, 3.8) is 0 Å². The third kappa shape index (κ3) is 3.57. The number of amides is 2. The molecule has 0 spiro atoms.